The van der Waals surface area contributed by atoms with Crippen molar-refractivity contribution in [3.63, 3.8) is 0 Å². The van der Waals surface area contributed by atoms with Gasteiger partial charge in [0, 0.05) is 17.4 Å². The van der Waals surface area contributed by atoms with Crippen LogP contribution in [-0.4, -0.2) is 5.11 Å². The molecular formula is C23H19NO. The van der Waals surface area contributed by atoms with E-state index in [9.17, 15) is 10.4 Å². The van der Waals surface area contributed by atoms with Crippen LogP contribution in [0.15, 0.2) is 60.7 Å². The third-order valence-electron chi connectivity index (χ3n) is 5.38. The Morgan fingerprint density at radius 1 is 0.840 bits per heavy atom. The van der Waals surface area contributed by atoms with Crippen LogP contribution in [0.3, 0.4) is 0 Å². The van der Waals surface area contributed by atoms with Gasteiger partial charge in [-0.05, 0) is 46.9 Å². The summed E-state index contributed by atoms with van der Waals surface area (Å²) < 4.78 is 0. The summed E-state index contributed by atoms with van der Waals surface area (Å²) in [7, 11) is 0. The molecule has 0 aliphatic heterocycles. The highest BCUT2D eigenvalue weighted by molar-refractivity contribution is 5.65. The number of rotatable bonds is 1. The third-order valence-corrected chi connectivity index (χ3v) is 5.38. The lowest BCUT2D eigenvalue weighted by Gasteiger charge is -2.34. The van der Waals surface area contributed by atoms with E-state index in [1.54, 1.807) is 12.1 Å². The van der Waals surface area contributed by atoms with Gasteiger partial charge in [-0.2, -0.15) is 5.26 Å². The maximum absolute atomic E-state index is 10.6. The van der Waals surface area contributed by atoms with E-state index < -0.39 is 0 Å². The van der Waals surface area contributed by atoms with Crippen LogP contribution < -0.4 is 0 Å². The fourth-order valence-electron chi connectivity index (χ4n) is 4.20. The molecule has 1 N–H and O–H groups in total. The lowest BCUT2D eigenvalue weighted by atomic mass is 9.68. The van der Waals surface area contributed by atoms with Crippen molar-refractivity contribution in [1.29, 1.82) is 5.26 Å². The molecule has 0 saturated carbocycles. The van der Waals surface area contributed by atoms with Gasteiger partial charge in [-0.3, -0.25) is 0 Å². The lowest BCUT2D eigenvalue weighted by Crippen LogP contribution is -2.20. The molecular weight excluding hydrogens is 306 g/mol. The van der Waals surface area contributed by atoms with Crippen LogP contribution in [0, 0.1) is 18.3 Å². The van der Waals surface area contributed by atoms with Crippen LogP contribution in [0.4, 0.5) is 0 Å². The van der Waals surface area contributed by atoms with Gasteiger partial charge >= 0.3 is 0 Å². The number of hydrogen-bond acceptors (Lipinski definition) is 2. The Hall–Kier alpha value is -3.05. The molecule has 3 aromatic carbocycles. The fraction of sp³-hybridized carbons (Fsp3) is 0.174. The zero-order chi connectivity index (χ0) is 17.6. The third kappa shape index (κ3) is 2.24. The number of benzene rings is 3. The molecule has 2 heteroatoms. The van der Waals surface area contributed by atoms with Gasteiger partial charge in [0.15, 0.2) is 0 Å². The van der Waals surface area contributed by atoms with E-state index in [0.29, 0.717) is 5.56 Å². The minimum Gasteiger partial charge on any atom is -0.508 e. The number of phenols is 1. The summed E-state index contributed by atoms with van der Waals surface area (Å²) in [5, 5.41) is 20.3. The maximum Gasteiger partial charge on any atom is 0.119 e. The smallest absolute Gasteiger partial charge is 0.119 e. The average molecular weight is 325 g/mol. The maximum atomic E-state index is 10.6. The summed E-state index contributed by atoms with van der Waals surface area (Å²) in [5.41, 5.74) is 7.28. The topological polar surface area (TPSA) is 44.0 Å². The van der Waals surface area contributed by atoms with E-state index in [4.69, 9.17) is 0 Å². The minimum atomic E-state index is -0.0367. The Labute approximate surface area is 148 Å². The Balaban J connectivity index is 2.13. The van der Waals surface area contributed by atoms with Gasteiger partial charge < -0.3 is 5.11 Å². The molecule has 0 saturated heterocycles. The number of fused-ring (bicyclic) bond motifs is 2. The van der Waals surface area contributed by atoms with Gasteiger partial charge in [-0.15, -0.1) is 0 Å². The first-order valence-corrected chi connectivity index (χ1v) is 8.53. The van der Waals surface area contributed by atoms with Crippen molar-refractivity contribution in [2.45, 2.75) is 25.7 Å². The van der Waals surface area contributed by atoms with Crippen molar-refractivity contribution in [3.8, 4) is 11.8 Å². The van der Waals surface area contributed by atoms with Crippen LogP contribution >= 0.6 is 0 Å². The minimum absolute atomic E-state index is 0.0367. The highest BCUT2D eigenvalue weighted by Gasteiger charge is 2.35. The molecule has 25 heavy (non-hydrogen) atoms. The summed E-state index contributed by atoms with van der Waals surface area (Å²) in [5.74, 6) is 0.291. The molecule has 0 aromatic heterocycles. The molecule has 2 unspecified atom stereocenters. The first-order valence-electron chi connectivity index (χ1n) is 8.53. The van der Waals surface area contributed by atoms with Crippen LogP contribution in [-0.2, 0) is 0 Å². The van der Waals surface area contributed by atoms with E-state index in [2.05, 4.69) is 50.2 Å². The Morgan fingerprint density at radius 2 is 1.48 bits per heavy atom. The molecule has 2 atom stereocenters. The predicted octanol–water partition coefficient (Wildman–Crippen LogP) is 5.22. The number of hydrogen-bond donors (Lipinski definition) is 1. The Kier molecular flexibility index (Phi) is 3.58. The molecule has 0 spiro atoms. The van der Waals surface area contributed by atoms with E-state index in [-0.39, 0.29) is 17.6 Å². The molecule has 1 aliphatic carbocycles. The fourth-order valence-corrected chi connectivity index (χ4v) is 4.20. The summed E-state index contributed by atoms with van der Waals surface area (Å²) in [6, 6.07) is 22.4. The van der Waals surface area contributed by atoms with Crippen molar-refractivity contribution < 1.29 is 5.11 Å². The lowest BCUT2D eigenvalue weighted by molar-refractivity contribution is 0.463. The molecule has 1 aliphatic rings. The number of nitrogens with zero attached hydrogens (tertiary/aromatic N) is 1. The molecule has 122 valence electrons. The van der Waals surface area contributed by atoms with Gasteiger partial charge in [-0.25, -0.2) is 0 Å². The Morgan fingerprint density at radius 3 is 2.16 bits per heavy atom. The van der Waals surface area contributed by atoms with E-state index >= 15 is 0 Å². The molecule has 0 radical (unpaired) electrons. The molecule has 3 aromatic rings. The SMILES string of the molecule is Cc1ccccc1C1c2ccccc2C(C)c2c(O)ccc(C#N)c21. The summed E-state index contributed by atoms with van der Waals surface area (Å²) >= 11 is 0. The van der Waals surface area contributed by atoms with Crippen LogP contribution in [0.25, 0.3) is 0 Å². The number of aromatic hydroxyl groups is 1. The van der Waals surface area contributed by atoms with Crippen molar-refractivity contribution in [1.82, 2.24) is 0 Å². The molecule has 2 nitrogen and oxygen atoms in total. The average Bonchev–Trinajstić information content (AvgIpc) is 2.63. The normalized spacial score (nSPS) is 18.1. The second-order valence-corrected chi connectivity index (χ2v) is 6.71. The molecule has 0 bridgehead atoms. The summed E-state index contributed by atoms with van der Waals surface area (Å²) in [6.45, 7) is 4.21. The molecule has 0 fully saturated rings. The molecule has 0 amide bonds. The molecule has 4 rings (SSSR count). The van der Waals surface area contributed by atoms with Crippen molar-refractivity contribution >= 4 is 0 Å². The number of aryl methyl sites for hydroxylation is 1. The van der Waals surface area contributed by atoms with Gasteiger partial charge in [0.1, 0.15) is 5.75 Å². The van der Waals surface area contributed by atoms with E-state index in [0.717, 1.165) is 11.1 Å². The summed E-state index contributed by atoms with van der Waals surface area (Å²) in [4.78, 5) is 0. The van der Waals surface area contributed by atoms with Crippen molar-refractivity contribution in [2.24, 2.45) is 0 Å². The van der Waals surface area contributed by atoms with Crippen LogP contribution in [0.2, 0.25) is 0 Å². The van der Waals surface area contributed by atoms with Gasteiger partial charge in [0.05, 0.1) is 11.6 Å². The van der Waals surface area contributed by atoms with Crippen LogP contribution in [0.5, 0.6) is 5.75 Å². The van der Waals surface area contributed by atoms with Crippen LogP contribution in [0.1, 0.15) is 57.7 Å². The first-order chi connectivity index (χ1) is 12.1. The van der Waals surface area contributed by atoms with Crippen molar-refractivity contribution in [2.75, 3.05) is 0 Å². The van der Waals surface area contributed by atoms with E-state index in [1.807, 2.05) is 18.2 Å². The second kappa shape index (κ2) is 5.79. The van der Waals surface area contributed by atoms with Gasteiger partial charge in [0.2, 0.25) is 0 Å². The quantitative estimate of drug-likeness (QED) is 0.667. The number of nitriles is 1. The summed E-state index contributed by atoms with van der Waals surface area (Å²) in [6.07, 6.45) is 0. The monoisotopic (exact) mass is 325 g/mol. The van der Waals surface area contributed by atoms with Gasteiger partial charge in [0.25, 0.3) is 0 Å². The highest BCUT2D eigenvalue weighted by atomic mass is 16.3. The zero-order valence-corrected chi connectivity index (χ0v) is 14.3. The standard InChI is InChI=1S/C23H19NO/c1-14-7-3-4-8-17(14)23-19-10-6-5-9-18(19)15(2)21-20(25)12-11-16(13-24)22(21)23/h3-12,15,23,25H,1-2H3. The first kappa shape index (κ1) is 15.5. The van der Waals surface area contributed by atoms with E-state index in [1.165, 1.54) is 22.3 Å². The zero-order valence-electron chi connectivity index (χ0n) is 14.3. The predicted molar refractivity (Wildman–Crippen MR) is 98.9 cm³/mol. The second-order valence-electron chi connectivity index (χ2n) is 6.71. The highest BCUT2D eigenvalue weighted by Crippen LogP contribution is 2.50. The van der Waals surface area contributed by atoms with Crippen molar-refractivity contribution in [3.05, 3.63) is 99.6 Å². The number of phenolic OH excluding ortho intramolecular Hbond substituents is 1. The van der Waals surface area contributed by atoms with Gasteiger partial charge in [-0.1, -0.05) is 55.5 Å². The molecule has 0 heterocycles. The largest absolute Gasteiger partial charge is 0.508 e. The Bertz CT molecular complexity index is 1010.